The third-order valence-electron chi connectivity index (χ3n) is 2.92. The number of rotatable bonds is 3. The van der Waals surface area contributed by atoms with Gasteiger partial charge in [0.2, 0.25) is 4.77 Å². The summed E-state index contributed by atoms with van der Waals surface area (Å²) >= 11 is 17.1. The number of aromatic nitrogens is 3. The van der Waals surface area contributed by atoms with E-state index in [1.165, 1.54) is 0 Å². The van der Waals surface area contributed by atoms with Crippen LogP contribution in [0.1, 0.15) is 5.56 Å². The maximum absolute atomic E-state index is 5.96. The van der Waals surface area contributed by atoms with Crippen molar-refractivity contribution < 1.29 is 0 Å². The molecule has 0 amide bonds. The van der Waals surface area contributed by atoms with Crippen molar-refractivity contribution in [3.05, 3.63) is 68.9 Å². The van der Waals surface area contributed by atoms with Crippen LogP contribution in [0, 0.1) is 4.77 Å². The SMILES string of the molecule is S=c1[nH]nc(-c2ccc(Cl)cc2)n1N=Cc1cccc(Cl)c1. The first-order valence-electron chi connectivity index (χ1n) is 6.37. The fourth-order valence-corrected chi connectivity index (χ4v) is 2.40. The minimum atomic E-state index is 0.406. The number of nitrogens with one attached hydrogen (secondary N) is 1. The molecule has 2 aromatic carbocycles. The summed E-state index contributed by atoms with van der Waals surface area (Å²) in [5.41, 5.74) is 1.73. The normalized spacial score (nSPS) is 11.2. The molecule has 0 bridgehead atoms. The van der Waals surface area contributed by atoms with Gasteiger partial charge in [0.1, 0.15) is 0 Å². The smallest absolute Gasteiger partial charge is 0.216 e. The quantitative estimate of drug-likeness (QED) is 0.545. The van der Waals surface area contributed by atoms with E-state index in [1.807, 2.05) is 36.4 Å². The number of hydrogen-bond donors (Lipinski definition) is 1. The zero-order chi connectivity index (χ0) is 15.5. The summed E-state index contributed by atoms with van der Waals surface area (Å²) in [6.45, 7) is 0. The molecule has 7 heteroatoms. The standard InChI is InChI=1S/C15H10Cl2N4S/c16-12-6-4-11(5-7-12)14-19-20-15(22)21(14)18-9-10-2-1-3-13(17)8-10/h1-9H,(H,20,22). The van der Waals surface area contributed by atoms with Gasteiger partial charge in [-0.1, -0.05) is 35.3 Å². The second kappa shape index (κ2) is 6.44. The Labute approximate surface area is 142 Å². The van der Waals surface area contributed by atoms with Gasteiger partial charge >= 0.3 is 0 Å². The summed E-state index contributed by atoms with van der Waals surface area (Å²) in [5, 5.41) is 12.6. The van der Waals surface area contributed by atoms with Gasteiger partial charge in [-0.2, -0.15) is 14.9 Å². The van der Waals surface area contributed by atoms with Gasteiger partial charge < -0.3 is 0 Å². The van der Waals surface area contributed by atoms with Crippen LogP contribution in [0.4, 0.5) is 0 Å². The molecule has 0 aliphatic rings. The molecule has 0 aliphatic carbocycles. The van der Waals surface area contributed by atoms with E-state index in [0.717, 1.165) is 11.1 Å². The van der Waals surface area contributed by atoms with E-state index < -0.39 is 0 Å². The lowest BCUT2D eigenvalue weighted by Gasteiger charge is -2.01. The van der Waals surface area contributed by atoms with Crippen LogP contribution in [0.15, 0.2) is 53.6 Å². The highest BCUT2D eigenvalue weighted by atomic mass is 35.5. The molecule has 1 aromatic heterocycles. The molecule has 0 aliphatic heterocycles. The van der Waals surface area contributed by atoms with E-state index in [2.05, 4.69) is 15.3 Å². The highest BCUT2D eigenvalue weighted by Gasteiger charge is 2.07. The first-order chi connectivity index (χ1) is 10.6. The van der Waals surface area contributed by atoms with Gasteiger partial charge in [0.25, 0.3) is 0 Å². The summed E-state index contributed by atoms with van der Waals surface area (Å²) in [6.07, 6.45) is 1.68. The van der Waals surface area contributed by atoms with Crippen LogP contribution in [-0.4, -0.2) is 21.1 Å². The molecule has 1 heterocycles. The molecule has 0 unspecified atom stereocenters. The monoisotopic (exact) mass is 348 g/mol. The van der Waals surface area contributed by atoms with E-state index in [0.29, 0.717) is 20.6 Å². The van der Waals surface area contributed by atoms with Crippen LogP contribution in [0.3, 0.4) is 0 Å². The van der Waals surface area contributed by atoms with Gasteiger partial charge in [0.05, 0.1) is 6.21 Å². The fourth-order valence-electron chi connectivity index (χ4n) is 1.90. The molecule has 0 atom stereocenters. The van der Waals surface area contributed by atoms with Crippen LogP contribution in [0.5, 0.6) is 0 Å². The summed E-state index contributed by atoms with van der Waals surface area (Å²) < 4.78 is 1.96. The lowest BCUT2D eigenvalue weighted by molar-refractivity contribution is 0.871. The van der Waals surface area contributed by atoms with Crippen molar-refractivity contribution in [1.82, 2.24) is 14.9 Å². The molecular formula is C15H10Cl2N4S. The van der Waals surface area contributed by atoms with Crippen molar-refractivity contribution in [3.63, 3.8) is 0 Å². The van der Waals surface area contributed by atoms with Gasteiger partial charge in [0.15, 0.2) is 5.82 Å². The maximum Gasteiger partial charge on any atom is 0.216 e. The molecule has 22 heavy (non-hydrogen) atoms. The van der Waals surface area contributed by atoms with Crippen LogP contribution in [0.25, 0.3) is 11.4 Å². The zero-order valence-corrected chi connectivity index (χ0v) is 13.5. The third-order valence-corrected chi connectivity index (χ3v) is 3.68. The molecule has 0 saturated carbocycles. The zero-order valence-electron chi connectivity index (χ0n) is 11.2. The van der Waals surface area contributed by atoms with Gasteiger partial charge in [-0.05, 0) is 54.2 Å². The summed E-state index contributed by atoms with van der Waals surface area (Å²) in [5.74, 6) is 0.611. The molecule has 0 spiro atoms. The van der Waals surface area contributed by atoms with E-state index >= 15 is 0 Å². The summed E-state index contributed by atoms with van der Waals surface area (Å²) in [4.78, 5) is 0. The second-order valence-electron chi connectivity index (χ2n) is 4.47. The molecule has 4 nitrogen and oxygen atoms in total. The highest BCUT2D eigenvalue weighted by Crippen LogP contribution is 2.20. The molecule has 1 N–H and O–H groups in total. The fraction of sp³-hybridized carbons (Fsp3) is 0. The van der Waals surface area contributed by atoms with Crippen molar-refractivity contribution in [2.75, 3.05) is 0 Å². The Balaban J connectivity index is 1.99. The minimum Gasteiger partial charge on any atom is -0.250 e. The van der Waals surface area contributed by atoms with Gasteiger partial charge in [0, 0.05) is 15.6 Å². The lowest BCUT2D eigenvalue weighted by Crippen LogP contribution is -1.95. The molecule has 0 radical (unpaired) electrons. The van der Waals surface area contributed by atoms with Crippen molar-refractivity contribution in [1.29, 1.82) is 0 Å². The van der Waals surface area contributed by atoms with E-state index in [1.54, 1.807) is 23.0 Å². The van der Waals surface area contributed by atoms with Gasteiger partial charge in [-0.3, -0.25) is 0 Å². The third kappa shape index (κ3) is 3.27. The maximum atomic E-state index is 5.96. The average Bonchev–Trinajstić information content (AvgIpc) is 2.87. The molecule has 110 valence electrons. The number of nitrogens with zero attached hydrogens (tertiary/aromatic N) is 3. The number of benzene rings is 2. The topological polar surface area (TPSA) is 46.0 Å². The first-order valence-corrected chi connectivity index (χ1v) is 7.53. The average molecular weight is 349 g/mol. The van der Waals surface area contributed by atoms with Gasteiger partial charge in [-0.15, -0.1) is 0 Å². The number of H-pyrrole nitrogens is 1. The first kappa shape index (κ1) is 15.0. The van der Waals surface area contributed by atoms with Crippen LogP contribution in [0.2, 0.25) is 10.0 Å². The van der Waals surface area contributed by atoms with Crippen molar-refractivity contribution in [2.45, 2.75) is 0 Å². The summed E-state index contributed by atoms with van der Waals surface area (Å²) in [6, 6.07) is 14.7. The van der Waals surface area contributed by atoms with Crippen molar-refractivity contribution in [3.8, 4) is 11.4 Å². The van der Waals surface area contributed by atoms with Crippen molar-refractivity contribution in [2.24, 2.45) is 5.10 Å². The van der Waals surface area contributed by atoms with E-state index in [4.69, 9.17) is 35.4 Å². The molecule has 0 saturated heterocycles. The lowest BCUT2D eigenvalue weighted by atomic mass is 10.2. The Kier molecular flexibility index (Phi) is 4.38. The Morgan fingerprint density at radius 2 is 1.86 bits per heavy atom. The number of halogens is 2. The Morgan fingerprint density at radius 1 is 1.09 bits per heavy atom. The van der Waals surface area contributed by atoms with Crippen LogP contribution in [-0.2, 0) is 0 Å². The Bertz CT molecular complexity index is 881. The minimum absolute atomic E-state index is 0.406. The van der Waals surface area contributed by atoms with Crippen LogP contribution < -0.4 is 0 Å². The highest BCUT2D eigenvalue weighted by molar-refractivity contribution is 7.71. The number of aromatic amines is 1. The molecule has 3 aromatic rings. The van der Waals surface area contributed by atoms with E-state index in [-0.39, 0.29) is 0 Å². The predicted molar refractivity (Wildman–Crippen MR) is 92.3 cm³/mol. The largest absolute Gasteiger partial charge is 0.250 e. The second-order valence-corrected chi connectivity index (χ2v) is 5.73. The molecule has 0 fully saturated rings. The Morgan fingerprint density at radius 3 is 2.59 bits per heavy atom. The van der Waals surface area contributed by atoms with Crippen molar-refractivity contribution >= 4 is 41.6 Å². The number of hydrogen-bond acceptors (Lipinski definition) is 3. The molecule has 3 rings (SSSR count). The Hall–Kier alpha value is -1.95. The van der Waals surface area contributed by atoms with Crippen LogP contribution >= 0.6 is 35.4 Å². The summed E-state index contributed by atoms with van der Waals surface area (Å²) in [7, 11) is 0. The predicted octanol–water partition coefficient (Wildman–Crippen LogP) is 4.80. The van der Waals surface area contributed by atoms with Gasteiger partial charge in [-0.25, -0.2) is 5.10 Å². The van der Waals surface area contributed by atoms with E-state index in [9.17, 15) is 0 Å². The molecular weight excluding hydrogens is 339 g/mol.